The van der Waals surface area contributed by atoms with Crippen molar-refractivity contribution in [2.45, 2.75) is 12.8 Å². The lowest BCUT2D eigenvalue weighted by Gasteiger charge is -2.53. The minimum atomic E-state index is 0.101. The number of nitrogens with zero attached hydrogens (tertiary/aromatic N) is 2. The number of nitriles is 1. The lowest BCUT2D eigenvalue weighted by molar-refractivity contribution is -0.000326. The van der Waals surface area contributed by atoms with Crippen LogP contribution in [0.5, 0.6) is 5.75 Å². The van der Waals surface area contributed by atoms with Gasteiger partial charge in [-0.15, -0.1) is 0 Å². The zero-order valence-electron chi connectivity index (χ0n) is 11.0. The maximum Gasteiger partial charge on any atom is 0.174 e. The molecule has 0 radical (unpaired) electrons. The van der Waals surface area contributed by atoms with Gasteiger partial charge in [0.1, 0.15) is 11.8 Å². The Morgan fingerprint density at radius 3 is 2.74 bits per heavy atom. The standard InChI is InChI=1S/C15H18N2O2/c16-7-10-19-14-4-2-1-3-13(14)17-11-15(12-17)5-8-18-9-6-15/h1-4H,5-6,8-12H2. The van der Waals surface area contributed by atoms with E-state index in [1.165, 1.54) is 0 Å². The number of ether oxygens (including phenoxy) is 2. The molecule has 0 atom stereocenters. The van der Waals surface area contributed by atoms with Crippen molar-refractivity contribution in [3.63, 3.8) is 0 Å². The average molecular weight is 258 g/mol. The van der Waals surface area contributed by atoms with Crippen molar-refractivity contribution in [1.29, 1.82) is 5.26 Å². The average Bonchev–Trinajstić information content (AvgIpc) is 2.44. The third kappa shape index (κ3) is 2.39. The second-order valence-electron chi connectivity index (χ2n) is 5.38. The summed E-state index contributed by atoms with van der Waals surface area (Å²) < 4.78 is 10.9. The van der Waals surface area contributed by atoms with Crippen molar-refractivity contribution in [3.05, 3.63) is 24.3 Å². The summed E-state index contributed by atoms with van der Waals surface area (Å²) in [5.41, 5.74) is 1.55. The lowest BCUT2D eigenvalue weighted by atomic mass is 9.73. The smallest absolute Gasteiger partial charge is 0.174 e. The molecule has 1 spiro atoms. The second kappa shape index (κ2) is 5.10. The minimum absolute atomic E-state index is 0.101. The molecule has 100 valence electrons. The van der Waals surface area contributed by atoms with Crippen LogP contribution in [0.15, 0.2) is 24.3 Å². The number of benzene rings is 1. The summed E-state index contributed by atoms with van der Waals surface area (Å²) in [6.07, 6.45) is 2.31. The molecule has 2 aliphatic heterocycles. The van der Waals surface area contributed by atoms with E-state index in [0.717, 1.165) is 50.6 Å². The summed E-state index contributed by atoms with van der Waals surface area (Å²) in [6, 6.07) is 9.98. The topological polar surface area (TPSA) is 45.5 Å². The molecular formula is C15H18N2O2. The van der Waals surface area contributed by atoms with E-state index < -0.39 is 0 Å². The van der Waals surface area contributed by atoms with E-state index in [2.05, 4.69) is 11.0 Å². The zero-order chi connectivity index (χ0) is 13.1. The molecule has 1 aromatic rings. The fourth-order valence-corrected chi connectivity index (χ4v) is 3.00. The maximum absolute atomic E-state index is 8.62. The van der Waals surface area contributed by atoms with Gasteiger partial charge in [0.15, 0.2) is 6.61 Å². The van der Waals surface area contributed by atoms with Crippen molar-refractivity contribution in [3.8, 4) is 11.8 Å². The van der Waals surface area contributed by atoms with E-state index in [9.17, 15) is 0 Å². The molecule has 2 aliphatic rings. The molecule has 3 rings (SSSR count). The van der Waals surface area contributed by atoms with E-state index in [0.29, 0.717) is 5.41 Å². The largest absolute Gasteiger partial charge is 0.477 e. The highest BCUT2D eigenvalue weighted by molar-refractivity contribution is 5.60. The molecule has 4 nitrogen and oxygen atoms in total. The molecule has 0 unspecified atom stereocenters. The first-order valence-corrected chi connectivity index (χ1v) is 6.74. The number of rotatable bonds is 3. The molecule has 0 N–H and O–H groups in total. The van der Waals surface area contributed by atoms with E-state index >= 15 is 0 Å². The normalized spacial score (nSPS) is 20.7. The number of hydrogen-bond acceptors (Lipinski definition) is 4. The van der Waals surface area contributed by atoms with Crippen molar-refractivity contribution in [2.24, 2.45) is 5.41 Å². The fourth-order valence-electron chi connectivity index (χ4n) is 3.00. The predicted molar refractivity (Wildman–Crippen MR) is 72.2 cm³/mol. The molecule has 19 heavy (non-hydrogen) atoms. The predicted octanol–water partition coefficient (Wildman–Crippen LogP) is 2.21. The Kier molecular flexibility index (Phi) is 3.31. The highest BCUT2D eigenvalue weighted by atomic mass is 16.5. The Hall–Kier alpha value is -1.73. The van der Waals surface area contributed by atoms with Gasteiger partial charge in [0.2, 0.25) is 0 Å². The Morgan fingerprint density at radius 2 is 2.00 bits per heavy atom. The van der Waals surface area contributed by atoms with Gasteiger partial charge >= 0.3 is 0 Å². The SMILES string of the molecule is N#CCOc1ccccc1N1CC2(CCOCC2)C1. The fraction of sp³-hybridized carbons (Fsp3) is 0.533. The van der Waals surface area contributed by atoms with Crippen molar-refractivity contribution in [2.75, 3.05) is 37.8 Å². The Bertz CT molecular complexity index is 481. The van der Waals surface area contributed by atoms with Crippen LogP contribution in [0.1, 0.15) is 12.8 Å². The van der Waals surface area contributed by atoms with Crippen LogP contribution in [0.4, 0.5) is 5.69 Å². The van der Waals surface area contributed by atoms with Gasteiger partial charge in [-0.2, -0.15) is 5.26 Å². The third-order valence-corrected chi connectivity index (χ3v) is 4.10. The zero-order valence-corrected chi connectivity index (χ0v) is 11.0. The Balaban J connectivity index is 1.69. The van der Waals surface area contributed by atoms with E-state index in [-0.39, 0.29) is 6.61 Å². The second-order valence-corrected chi connectivity index (χ2v) is 5.38. The first-order valence-electron chi connectivity index (χ1n) is 6.74. The van der Waals surface area contributed by atoms with Crippen molar-refractivity contribution >= 4 is 5.69 Å². The Morgan fingerprint density at radius 1 is 1.26 bits per heavy atom. The van der Waals surface area contributed by atoms with Crippen molar-refractivity contribution < 1.29 is 9.47 Å². The molecule has 0 amide bonds. The van der Waals surface area contributed by atoms with Crippen LogP contribution in [0, 0.1) is 16.7 Å². The molecule has 1 aromatic carbocycles. The number of para-hydroxylation sites is 2. The number of anilines is 1. The molecule has 0 aromatic heterocycles. The summed E-state index contributed by atoms with van der Waals surface area (Å²) in [6.45, 7) is 4.03. The maximum atomic E-state index is 8.62. The van der Waals surface area contributed by atoms with Crippen LogP contribution < -0.4 is 9.64 Å². The molecule has 0 aliphatic carbocycles. The van der Waals surface area contributed by atoms with Gasteiger partial charge in [-0.1, -0.05) is 12.1 Å². The molecule has 2 saturated heterocycles. The molecule has 0 bridgehead atoms. The van der Waals surface area contributed by atoms with Gasteiger partial charge in [0.05, 0.1) is 5.69 Å². The summed E-state index contributed by atoms with van der Waals surface area (Å²) in [7, 11) is 0. The van der Waals surface area contributed by atoms with Gasteiger partial charge < -0.3 is 14.4 Å². The van der Waals surface area contributed by atoms with Gasteiger partial charge in [-0.25, -0.2) is 0 Å². The minimum Gasteiger partial charge on any atom is -0.477 e. The molecular weight excluding hydrogens is 240 g/mol. The first kappa shape index (κ1) is 12.3. The monoisotopic (exact) mass is 258 g/mol. The van der Waals surface area contributed by atoms with E-state index in [1.807, 2.05) is 24.3 Å². The number of hydrogen-bond donors (Lipinski definition) is 0. The molecule has 0 saturated carbocycles. The first-order chi connectivity index (χ1) is 9.33. The summed E-state index contributed by atoms with van der Waals surface area (Å²) in [5, 5.41) is 8.62. The van der Waals surface area contributed by atoms with Crippen LogP contribution in [0.25, 0.3) is 0 Å². The van der Waals surface area contributed by atoms with E-state index in [1.54, 1.807) is 0 Å². The van der Waals surface area contributed by atoms with Crippen molar-refractivity contribution in [1.82, 2.24) is 0 Å². The highest BCUT2D eigenvalue weighted by Gasteiger charge is 2.44. The van der Waals surface area contributed by atoms with Gasteiger partial charge in [0.25, 0.3) is 0 Å². The van der Waals surface area contributed by atoms with Gasteiger partial charge in [0, 0.05) is 31.7 Å². The van der Waals surface area contributed by atoms with Crippen LogP contribution in [-0.2, 0) is 4.74 Å². The Labute approximate surface area is 113 Å². The highest BCUT2D eigenvalue weighted by Crippen LogP contribution is 2.44. The van der Waals surface area contributed by atoms with Crippen LogP contribution >= 0.6 is 0 Å². The summed E-state index contributed by atoms with van der Waals surface area (Å²) in [4.78, 5) is 2.35. The van der Waals surface area contributed by atoms with Gasteiger partial charge in [-0.05, 0) is 25.0 Å². The summed E-state index contributed by atoms with van der Waals surface area (Å²) >= 11 is 0. The van der Waals surface area contributed by atoms with E-state index in [4.69, 9.17) is 14.7 Å². The third-order valence-electron chi connectivity index (χ3n) is 4.10. The molecule has 2 fully saturated rings. The molecule has 4 heteroatoms. The molecule has 2 heterocycles. The van der Waals surface area contributed by atoms with Crippen LogP contribution in [0.2, 0.25) is 0 Å². The van der Waals surface area contributed by atoms with Gasteiger partial charge in [-0.3, -0.25) is 0 Å². The lowest BCUT2D eigenvalue weighted by Crippen LogP contribution is -2.58. The summed E-state index contributed by atoms with van der Waals surface area (Å²) in [5.74, 6) is 0.811. The quantitative estimate of drug-likeness (QED) is 0.834. The van der Waals surface area contributed by atoms with Crippen LogP contribution in [-0.4, -0.2) is 32.9 Å². The van der Waals surface area contributed by atoms with Crippen LogP contribution in [0.3, 0.4) is 0 Å².